The number of hydrogen-bond acceptors (Lipinski definition) is 4. The average Bonchev–Trinajstić information content (AvgIpc) is 2.28. The van der Waals surface area contributed by atoms with Gasteiger partial charge in [0.1, 0.15) is 5.82 Å². The molecule has 0 radical (unpaired) electrons. The largest absolute Gasteiger partial charge is 0.487 e. The van der Waals surface area contributed by atoms with Crippen LogP contribution in [0.2, 0.25) is 0 Å². The molecule has 0 spiro atoms. The predicted molar refractivity (Wildman–Crippen MR) is 63.5 cm³/mol. The first-order chi connectivity index (χ1) is 7.95. The van der Waals surface area contributed by atoms with Crippen molar-refractivity contribution in [3.05, 3.63) is 17.7 Å². The third-order valence-electron chi connectivity index (χ3n) is 2.40. The smallest absolute Gasteiger partial charge is 0.358 e. The van der Waals surface area contributed by atoms with Gasteiger partial charge in [-0.25, -0.2) is 14.8 Å². The molecule has 1 aromatic heterocycles. The van der Waals surface area contributed by atoms with Crippen LogP contribution in [-0.2, 0) is 0 Å². The summed E-state index contributed by atoms with van der Waals surface area (Å²) in [5.41, 5.74) is -0.0657. The molecule has 5 nitrogen and oxygen atoms in total. The van der Waals surface area contributed by atoms with Crippen LogP contribution in [0.4, 0.5) is 0 Å². The monoisotopic (exact) mass is 238 g/mol. The topological polar surface area (TPSA) is 72.3 Å². The number of nitrogens with zero attached hydrogens (tertiary/aromatic N) is 2. The molecule has 0 fully saturated rings. The first-order valence-electron chi connectivity index (χ1n) is 5.72. The molecule has 1 aromatic rings. The Morgan fingerprint density at radius 1 is 1.47 bits per heavy atom. The van der Waals surface area contributed by atoms with Crippen molar-refractivity contribution in [2.75, 3.05) is 0 Å². The molecule has 0 aliphatic carbocycles. The van der Waals surface area contributed by atoms with Gasteiger partial charge >= 0.3 is 5.97 Å². The summed E-state index contributed by atoms with van der Waals surface area (Å²) in [5.74, 6) is -0.256. The van der Waals surface area contributed by atoms with Crippen molar-refractivity contribution in [3.63, 3.8) is 0 Å². The standard InChI is InChI=1S/C12H18N2O3/c1-5-8(4)17-9-6-13-11(7(2)3)14-10(9)12(15)16/h6-8H,5H2,1-4H3,(H,15,16). The van der Waals surface area contributed by atoms with Gasteiger partial charge in [-0.1, -0.05) is 20.8 Å². The molecular formula is C12H18N2O3. The summed E-state index contributed by atoms with van der Waals surface area (Å²) in [5, 5.41) is 9.09. The van der Waals surface area contributed by atoms with E-state index < -0.39 is 5.97 Å². The molecule has 1 heterocycles. The number of carbonyl (C=O) groups is 1. The van der Waals surface area contributed by atoms with E-state index in [9.17, 15) is 4.79 Å². The second kappa shape index (κ2) is 5.61. The molecule has 1 unspecified atom stereocenters. The lowest BCUT2D eigenvalue weighted by molar-refractivity contribution is 0.0681. The van der Waals surface area contributed by atoms with Gasteiger partial charge < -0.3 is 9.84 Å². The SMILES string of the molecule is CCC(C)Oc1cnc(C(C)C)nc1C(=O)O. The highest BCUT2D eigenvalue weighted by molar-refractivity contribution is 5.88. The fourth-order valence-electron chi connectivity index (χ4n) is 1.20. The Bertz CT molecular complexity index is 405. The molecule has 0 amide bonds. The Labute approximate surface area is 101 Å². The number of carboxylic acid groups (broad SMARTS) is 1. The van der Waals surface area contributed by atoms with Gasteiger partial charge in [-0.15, -0.1) is 0 Å². The van der Waals surface area contributed by atoms with E-state index in [-0.39, 0.29) is 23.5 Å². The third kappa shape index (κ3) is 3.41. The van der Waals surface area contributed by atoms with Crippen LogP contribution in [0.15, 0.2) is 6.20 Å². The number of aromatic carboxylic acids is 1. The summed E-state index contributed by atoms with van der Waals surface area (Å²) >= 11 is 0. The molecular weight excluding hydrogens is 220 g/mol. The Balaban J connectivity index is 3.09. The minimum atomic E-state index is -1.09. The normalized spacial score (nSPS) is 12.5. The molecule has 0 aliphatic heterocycles. The fraction of sp³-hybridized carbons (Fsp3) is 0.583. The molecule has 17 heavy (non-hydrogen) atoms. The van der Waals surface area contributed by atoms with Gasteiger partial charge in [0.25, 0.3) is 0 Å². The Morgan fingerprint density at radius 2 is 2.12 bits per heavy atom. The summed E-state index contributed by atoms with van der Waals surface area (Å²) in [6.07, 6.45) is 2.18. The third-order valence-corrected chi connectivity index (χ3v) is 2.40. The second-order valence-corrected chi connectivity index (χ2v) is 4.24. The molecule has 0 aliphatic rings. The fourth-order valence-corrected chi connectivity index (χ4v) is 1.20. The molecule has 1 N–H and O–H groups in total. The summed E-state index contributed by atoms with van der Waals surface area (Å²) < 4.78 is 5.48. The van der Waals surface area contributed by atoms with E-state index >= 15 is 0 Å². The van der Waals surface area contributed by atoms with E-state index in [1.807, 2.05) is 27.7 Å². The van der Waals surface area contributed by atoms with Crippen molar-refractivity contribution >= 4 is 5.97 Å². The minimum absolute atomic E-state index is 0.0541. The number of hydrogen-bond donors (Lipinski definition) is 1. The lowest BCUT2D eigenvalue weighted by Crippen LogP contribution is -2.15. The van der Waals surface area contributed by atoms with Crippen LogP contribution in [0.25, 0.3) is 0 Å². The van der Waals surface area contributed by atoms with Gasteiger partial charge in [-0.3, -0.25) is 0 Å². The van der Waals surface area contributed by atoms with Gasteiger partial charge in [0, 0.05) is 5.92 Å². The highest BCUT2D eigenvalue weighted by Gasteiger charge is 2.18. The van der Waals surface area contributed by atoms with E-state index in [4.69, 9.17) is 9.84 Å². The summed E-state index contributed by atoms with van der Waals surface area (Å²) in [6.45, 7) is 7.67. The zero-order valence-corrected chi connectivity index (χ0v) is 10.6. The first kappa shape index (κ1) is 13.4. The maximum Gasteiger partial charge on any atom is 0.358 e. The molecule has 1 atom stereocenters. The maximum absolute atomic E-state index is 11.1. The van der Waals surface area contributed by atoms with Crippen molar-refractivity contribution in [2.24, 2.45) is 0 Å². The van der Waals surface area contributed by atoms with E-state index in [0.29, 0.717) is 5.82 Å². The molecule has 5 heteroatoms. The zero-order valence-electron chi connectivity index (χ0n) is 10.6. The lowest BCUT2D eigenvalue weighted by Gasteiger charge is -2.14. The van der Waals surface area contributed by atoms with E-state index in [1.165, 1.54) is 6.20 Å². The molecule has 0 saturated carbocycles. The van der Waals surface area contributed by atoms with Crippen LogP contribution in [-0.4, -0.2) is 27.1 Å². The van der Waals surface area contributed by atoms with E-state index in [0.717, 1.165) is 6.42 Å². The van der Waals surface area contributed by atoms with E-state index in [1.54, 1.807) is 0 Å². The molecule has 0 saturated heterocycles. The minimum Gasteiger partial charge on any atom is -0.487 e. The Hall–Kier alpha value is -1.65. The van der Waals surface area contributed by atoms with Crippen LogP contribution >= 0.6 is 0 Å². The summed E-state index contributed by atoms with van der Waals surface area (Å²) in [6, 6.07) is 0. The number of rotatable bonds is 5. The van der Waals surface area contributed by atoms with E-state index in [2.05, 4.69) is 9.97 Å². The van der Waals surface area contributed by atoms with Crippen LogP contribution in [0, 0.1) is 0 Å². The van der Waals surface area contributed by atoms with Crippen molar-refractivity contribution in [3.8, 4) is 5.75 Å². The van der Waals surface area contributed by atoms with Crippen LogP contribution in [0.1, 0.15) is 56.3 Å². The zero-order chi connectivity index (χ0) is 13.0. The van der Waals surface area contributed by atoms with Crippen molar-refractivity contribution in [2.45, 2.75) is 46.1 Å². The highest BCUT2D eigenvalue weighted by Crippen LogP contribution is 2.20. The van der Waals surface area contributed by atoms with Gasteiger partial charge in [-0.2, -0.15) is 0 Å². The van der Waals surface area contributed by atoms with Gasteiger partial charge in [0.15, 0.2) is 11.4 Å². The second-order valence-electron chi connectivity index (χ2n) is 4.24. The van der Waals surface area contributed by atoms with Crippen LogP contribution in [0.3, 0.4) is 0 Å². The lowest BCUT2D eigenvalue weighted by atomic mass is 10.2. The van der Waals surface area contributed by atoms with Crippen molar-refractivity contribution < 1.29 is 14.6 Å². The first-order valence-corrected chi connectivity index (χ1v) is 5.72. The number of aromatic nitrogens is 2. The van der Waals surface area contributed by atoms with Crippen LogP contribution in [0.5, 0.6) is 5.75 Å². The van der Waals surface area contributed by atoms with Crippen molar-refractivity contribution in [1.29, 1.82) is 0 Å². The van der Waals surface area contributed by atoms with Gasteiger partial charge in [0.05, 0.1) is 12.3 Å². The predicted octanol–water partition coefficient (Wildman–Crippen LogP) is 2.48. The highest BCUT2D eigenvalue weighted by atomic mass is 16.5. The van der Waals surface area contributed by atoms with Crippen LogP contribution < -0.4 is 4.74 Å². The average molecular weight is 238 g/mol. The van der Waals surface area contributed by atoms with Gasteiger partial charge in [-0.05, 0) is 13.3 Å². The summed E-state index contributed by atoms with van der Waals surface area (Å²) in [7, 11) is 0. The number of ether oxygens (including phenoxy) is 1. The molecule has 0 bridgehead atoms. The molecule has 1 rings (SSSR count). The maximum atomic E-state index is 11.1. The Kier molecular flexibility index (Phi) is 4.43. The van der Waals surface area contributed by atoms with Gasteiger partial charge in [0.2, 0.25) is 0 Å². The Morgan fingerprint density at radius 3 is 2.59 bits per heavy atom. The van der Waals surface area contributed by atoms with Crippen molar-refractivity contribution in [1.82, 2.24) is 9.97 Å². The number of carboxylic acids is 1. The molecule has 94 valence electrons. The summed E-state index contributed by atoms with van der Waals surface area (Å²) in [4.78, 5) is 19.2. The molecule has 0 aromatic carbocycles. The quantitative estimate of drug-likeness (QED) is 0.853.